The van der Waals surface area contributed by atoms with Gasteiger partial charge >= 0.3 is 6.03 Å². The Hall–Kier alpha value is -3.74. The Morgan fingerprint density at radius 2 is 1.89 bits per heavy atom. The molecule has 12 heteroatoms. The summed E-state index contributed by atoms with van der Waals surface area (Å²) >= 11 is 0. The van der Waals surface area contributed by atoms with Crippen molar-refractivity contribution in [2.24, 2.45) is 0 Å². The van der Waals surface area contributed by atoms with Gasteiger partial charge in [0.2, 0.25) is 10.0 Å². The standard InChI is InChI=1S/C26H29N5O6S/c1-4-16-5-6-17-14-31(23(32)20(17)11-16)15-26(24(33)28-25(34)29-26)22-13-18-12-19(7-8-21(18)37-22)38(35,36)27-9-10-30(2)3/h5-8,11-13,27H,4,9-10,14-15H2,1-3H3,(H2,28,29,33,34)/t26-/m0/s1. The first kappa shape index (κ1) is 25.9. The molecular formula is C26H29N5O6S. The van der Waals surface area contributed by atoms with E-state index in [9.17, 15) is 22.8 Å². The quantitative estimate of drug-likeness (QED) is 0.350. The number of hydrogen-bond acceptors (Lipinski definition) is 7. The lowest BCUT2D eigenvalue weighted by Gasteiger charge is -2.29. The first-order valence-electron chi connectivity index (χ1n) is 12.3. The van der Waals surface area contributed by atoms with Gasteiger partial charge in [-0.2, -0.15) is 0 Å². The van der Waals surface area contributed by atoms with Gasteiger partial charge in [-0.05, 0) is 62.0 Å². The van der Waals surface area contributed by atoms with E-state index in [0.717, 1.165) is 17.5 Å². The fourth-order valence-electron chi connectivity index (χ4n) is 4.78. The van der Waals surface area contributed by atoms with Crippen molar-refractivity contribution in [1.82, 2.24) is 25.2 Å². The molecule has 0 bridgehead atoms. The van der Waals surface area contributed by atoms with Crippen LogP contribution >= 0.6 is 0 Å². The molecule has 4 amide bonds. The molecule has 1 atom stereocenters. The van der Waals surface area contributed by atoms with Gasteiger partial charge in [-0.15, -0.1) is 0 Å². The van der Waals surface area contributed by atoms with Crippen molar-refractivity contribution < 1.29 is 27.2 Å². The number of carbonyl (C=O) groups is 3. The van der Waals surface area contributed by atoms with Crippen molar-refractivity contribution in [1.29, 1.82) is 0 Å². The minimum Gasteiger partial charge on any atom is -0.458 e. The van der Waals surface area contributed by atoms with E-state index in [4.69, 9.17) is 4.42 Å². The van der Waals surface area contributed by atoms with Crippen LogP contribution in [0.2, 0.25) is 0 Å². The second-order valence-corrected chi connectivity index (χ2v) is 11.6. The zero-order valence-electron chi connectivity index (χ0n) is 21.3. The lowest BCUT2D eigenvalue weighted by molar-refractivity contribution is -0.125. The number of likely N-dealkylation sites (N-methyl/N-ethyl adjacent to an activating group) is 1. The van der Waals surface area contributed by atoms with Gasteiger partial charge in [0.1, 0.15) is 11.3 Å². The maximum atomic E-state index is 13.2. The molecule has 3 heterocycles. The molecule has 200 valence electrons. The molecule has 1 fully saturated rings. The molecule has 5 rings (SSSR count). The highest BCUT2D eigenvalue weighted by atomic mass is 32.2. The summed E-state index contributed by atoms with van der Waals surface area (Å²) in [5.41, 5.74) is 1.10. The zero-order chi connectivity index (χ0) is 27.2. The average molecular weight is 540 g/mol. The molecule has 38 heavy (non-hydrogen) atoms. The van der Waals surface area contributed by atoms with Crippen LogP contribution in [0.1, 0.15) is 34.2 Å². The van der Waals surface area contributed by atoms with Crippen molar-refractivity contribution in [3.63, 3.8) is 0 Å². The van der Waals surface area contributed by atoms with E-state index in [-0.39, 0.29) is 36.2 Å². The molecule has 0 spiro atoms. The fraction of sp³-hybridized carbons (Fsp3) is 0.346. The average Bonchev–Trinajstić information content (AvgIpc) is 3.52. The topological polar surface area (TPSA) is 141 Å². The first-order chi connectivity index (χ1) is 18.0. The second kappa shape index (κ2) is 9.53. The molecule has 3 N–H and O–H groups in total. The Morgan fingerprint density at radius 3 is 2.58 bits per heavy atom. The SMILES string of the molecule is CCc1ccc2c(c1)C(=O)N(C[C@@]1(c3cc4cc(S(=O)(=O)NCCN(C)C)ccc4o3)NC(=O)NC1=O)C2. The number of furan rings is 1. The molecule has 0 aliphatic carbocycles. The van der Waals surface area contributed by atoms with Gasteiger partial charge in [-0.1, -0.05) is 19.1 Å². The predicted octanol–water partition coefficient (Wildman–Crippen LogP) is 1.53. The van der Waals surface area contributed by atoms with Crippen LogP contribution in [0.3, 0.4) is 0 Å². The fourth-order valence-corrected chi connectivity index (χ4v) is 5.84. The summed E-state index contributed by atoms with van der Waals surface area (Å²) in [6, 6.07) is 10.9. The monoisotopic (exact) mass is 539 g/mol. The third kappa shape index (κ3) is 4.55. The highest BCUT2D eigenvalue weighted by Crippen LogP contribution is 2.35. The number of sulfonamides is 1. The number of fused-ring (bicyclic) bond motifs is 2. The molecule has 1 saturated heterocycles. The highest BCUT2D eigenvalue weighted by Gasteiger charge is 2.53. The number of carbonyl (C=O) groups excluding carboxylic acids is 3. The molecule has 0 radical (unpaired) electrons. The molecule has 1 aromatic heterocycles. The van der Waals surface area contributed by atoms with Crippen molar-refractivity contribution in [2.75, 3.05) is 33.7 Å². The molecule has 0 unspecified atom stereocenters. The highest BCUT2D eigenvalue weighted by molar-refractivity contribution is 7.89. The number of nitrogens with one attached hydrogen (secondary N) is 3. The first-order valence-corrected chi connectivity index (χ1v) is 13.7. The Kier molecular flexibility index (Phi) is 6.49. The van der Waals surface area contributed by atoms with E-state index >= 15 is 0 Å². The van der Waals surface area contributed by atoms with Crippen LogP contribution in [0.25, 0.3) is 11.0 Å². The normalized spacial score (nSPS) is 19.4. The van der Waals surface area contributed by atoms with Gasteiger partial charge in [0.05, 0.1) is 11.4 Å². The van der Waals surface area contributed by atoms with Gasteiger partial charge in [0.25, 0.3) is 11.8 Å². The van der Waals surface area contributed by atoms with E-state index in [1.807, 2.05) is 44.1 Å². The molecular weight excluding hydrogens is 510 g/mol. The van der Waals surface area contributed by atoms with Gasteiger partial charge in [-0.25, -0.2) is 17.9 Å². The van der Waals surface area contributed by atoms with E-state index in [2.05, 4.69) is 15.4 Å². The number of imide groups is 1. The Balaban J connectivity index is 1.47. The van der Waals surface area contributed by atoms with Crippen LogP contribution in [-0.4, -0.2) is 69.8 Å². The van der Waals surface area contributed by atoms with Gasteiger partial charge in [-0.3, -0.25) is 14.9 Å². The largest absolute Gasteiger partial charge is 0.458 e. The van der Waals surface area contributed by atoms with Crippen LogP contribution in [0.4, 0.5) is 4.79 Å². The van der Waals surface area contributed by atoms with E-state index in [1.54, 1.807) is 0 Å². The van der Waals surface area contributed by atoms with Crippen LogP contribution in [0.15, 0.2) is 51.8 Å². The summed E-state index contributed by atoms with van der Waals surface area (Å²) in [4.78, 5) is 42.1. The summed E-state index contributed by atoms with van der Waals surface area (Å²) in [6.07, 6.45) is 0.783. The minimum absolute atomic E-state index is 0.0435. The van der Waals surface area contributed by atoms with Crippen LogP contribution in [0.5, 0.6) is 0 Å². The molecule has 2 aliphatic rings. The zero-order valence-corrected chi connectivity index (χ0v) is 22.1. The number of urea groups is 1. The van der Waals surface area contributed by atoms with E-state index in [1.165, 1.54) is 29.2 Å². The van der Waals surface area contributed by atoms with Gasteiger partial charge < -0.3 is 19.5 Å². The number of rotatable bonds is 9. The maximum Gasteiger partial charge on any atom is 0.322 e. The van der Waals surface area contributed by atoms with Gasteiger partial charge in [0.15, 0.2) is 5.54 Å². The lowest BCUT2D eigenvalue weighted by Crippen LogP contribution is -2.52. The van der Waals surface area contributed by atoms with Crippen LogP contribution < -0.4 is 15.4 Å². The predicted molar refractivity (Wildman–Crippen MR) is 139 cm³/mol. The molecule has 2 aromatic carbocycles. The minimum atomic E-state index is -3.77. The third-order valence-corrected chi connectivity index (χ3v) is 8.36. The van der Waals surface area contributed by atoms with Gasteiger partial charge in [0, 0.05) is 30.6 Å². The Morgan fingerprint density at radius 1 is 1.11 bits per heavy atom. The number of hydrogen-bond donors (Lipinski definition) is 3. The summed E-state index contributed by atoms with van der Waals surface area (Å²) in [5.74, 6) is -0.793. The van der Waals surface area contributed by atoms with Crippen molar-refractivity contribution in [2.45, 2.75) is 30.3 Å². The summed E-state index contributed by atoms with van der Waals surface area (Å²) in [6.45, 7) is 2.91. The molecule has 0 saturated carbocycles. The molecule has 2 aliphatic heterocycles. The van der Waals surface area contributed by atoms with Crippen LogP contribution in [0, 0.1) is 0 Å². The summed E-state index contributed by atoms with van der Waals surface area (Å²) < 4.78 is 34.1. The number of nitrogens with zero attached hydrogens (tertiary/aromatic N) is 2. The lowest BCUT2D eigenvalue weighted by atomic mass is 9.95. The number of amides is 4. The molecule has 11 nitrogen and oxygen atoms in total. The van der Waals surface area contributed by atoms with Crippen molar-refractivity contribution >= 4 is 38.8 Å². The van der Waals surface area contributed by atoms with E-state index < -0.39 is 27.5 Å². The maximum absolute atomic E-state index is 13.2. The molecule has 3 aromatic rings. The Bertz CT molecular complexity index is 1560. The number of benzene rings is 2. The number of aryl methyl sites for hydroxylation is 1. The second-order valence-electron chi connectivity index (χ2n) is 9.83. The van der Waals surface area contributed by atoms with Crippen LogP contribution in [-0.2, 0) is 33.3 Å². The van der Waals surface area contributed by atoms with E-state index in [0.29, 0.717) is 23.1 Å². The third-order valence-electron chi connectivity index (χ3n) is 6.90. The van der Waals surface area contributed by atoms with Crippen molar-refractivity contribution in [3.05, 3.63) is 64.9 Å². The summed E-state index contributed by atoms with van der Waals surface area (Å²) in [5, 5.41) is 5.34. The van der Waals surface area contributed by atoms with Crippen molar-refractivity contribution in [3.8, 4) is 0 Å². The Labute approximate surface area is 220 Å². The smallest absolute Gasteiger partial charge is 0.322 e. The summed E-state index contributed by atoms with van der Waals surface area (Å²) in [7, 11) is -0.0841.